The number of benzene rings is 1. The van der Waals surface area contributed by atoms with Crippen LogP contribution in [0, 0.1) is 12.7 Å². The molecule has 0 saturated carbocycles. The number of anilines is 1. The Balaban J connectivity index is 0.000000461. The van der Waals surface area contributed by atoms with Crippen LogP contribution in [0.2, 0.25) is 0 Å². The van der Waals surface area contributed by atoms with E-state index in [4.69, 9.17) is 0 Å². The van der Waals surface area contributed by atoms with E-state index in [0.717, 1.165) is 11.3 Å². The van der Waals surface area contributed by atoms with Gasteiger partial charge in [-0.1, -0.05) is 13.8 Å². The highest BCUT2D eigenvalue weighted by Gasteiger charge is 2.20. The van der Waals surface area contributed by atoms with Crippen LogP contribution in [0.4, 0.5) is 10.1 Å². The third-order valence-corrected chi connectivity index (χ3v) is 2.14. The number of carbonyl (C=O) groups is 1. The summed E-state index contributed by atoms with van der Waals surface area (Å²) in [5.41, 5.74) is 2.12. The fourth-order valence-electron chi connectivity index (χ4n) is 1.43. The number of hydrogen-bond acceptors (Lipinski definition) is 1. The van der Waals surface area contributed by atoms with Crippen LogP contribution in [0.25, 0.3) is 0 Å². The van der Waals surface area contributed by atoms with Gasteiger partial charge in [0.1, 0.15) is 5.82 Å². The zero-order valence-electron chi connectivity index (χ0n) is 8.65. The van der Waals surface area contributed by atoms with Crippen LogP contribution in [0.5, 0.6) is 0 Å². The van der Waals surface area contributed by atoms with Gasteiger partial charge < -0.3 is 5.32 Å². The molecule has 14 heavy (non-hydrogen) atoms. The molecule has 1 aromatic rings. The number of amides is 1. The molecule has 0 aliphatic carbocycles. The van der Waals surface area contributed by atoms with Crippen molar-refractivity contribution in [2.75, 3.05) is 5.32 Å². The summed E-state index contributed by atoms with van der Waals surface area (Å²) in [5.74, 6) is -0.302. The molecule has 1 aromatic carbocycles. The maximum atomic E-state index is 13.0. The molecule has 1 amide bonds. The summed E-state index contributed by atoms with van der Waals surface area (Å²) >= 11 is 0. The van der Waals surface area contributed by atoms with Crippen LogP contribution in [-0.4, -0.2) is 5.91 Å². The Labute approximate surface area is 83.1 Å². The Morgan fingerprint density at radius 2 is 2.00 bits per heavy atom. The highest BCUT2D eigenvalue weighted by atomic mass is 19.1. The second-order valence-electron chi connectivity index (χ2n) is 2.92. The number of hydrogen-bond donors (Lipinski definition) is 1. The van der Waals surface area contributed by atoms with Crippen LogP contribution in [0.3, 0.4) is 0 Å². The topological polar surface area (TPSA) is 29.1 Å². The van der Waals surface area contributed by atoms with Gasteiger partial charge in [-0.25, -0.2) is 4.39 Å². The third kappa shape index (κ3) is 1.76. The number of nitrogens with one attached hydrogen (secondary N) is 1. The molecule has 0 saturated heterocycles. The van der Waals surface area contributed by atoms with Gasteiger partial charge in [-0.15, -0.1) is 0 Å². The molecule has 3 heteroatoms. The van der Waals surface area contributed by atoms with Crippen molar-refractivity contribution < 1.29 is 9.18 Å². The molecule has 2 nitrogen and oxygen atoms in total. The lowest BCUT2D eigenvalue weighted by Gasteiger charge is -2.02. The van der Waals surface area contributed by atoms with E-state index in [1.54, 1.807) is 13.0 Å². The van der Waals surface area contributed by atoms with E-state index in [-0.39, 0.29) is 11.7 Å². The van der Waals surface area contributed by atoms with Crippen molar-refractivity contribution in [1.29, 1.82) is 0 Å². The summed E-state index contributed by atoms with van der Waals surface area (Å²) in [6.45, 7) is 5.69. The first-order valence-corrected chi connectivity index (χ1v) is 4.76. The highest BCUT2D eigenvalue weighted by Crippen LogP contribution is 2.27. The number of rotatable bonds is 0. The van der Waals surface area contributed by atoms with Crippen LogP contribution in [0.1, 0.15) is 25.0 Å². The zero-order chi connectivity index (χ0) is 10.7. The van der Waals surface area contributed by atoms with Crippen LogP contribution >= 0.6 is 0 Å². The minimum absolute atomic E-state index is 0.0568. The van der Waals surface area contributed by atoms with Gasteiger partial charge in [-0.3, -0.25) is 4.79 Å². The molecule has 0 unspecified atom stereocenters. The van der Waals surface area contributed by atoms with Crippen molar-refractivity contribution in [1.82, 2.24) is 0 Å². The van der Waals surface area contributed by atoms with Gasteiger partial charge in [0.05, 0.1) is 6.42 Å². The van der Waals surface area contributed by atoms with Crippen LogP contribution in [0.15, 0.2) is 12.1 Å². The second-order valence-corrected chi connectivity index (χ2v) is 2.92. The monoisotopic (exact) mass is 195 g/mol. The van der Waals surface area contributed by atoms with Crippen molar-refractivity contribution in [2.45, 2.75) is 27.2 Å². The summed E-state index contributed by atoms with van der Waals surface area (Å²) in [5, 5.41) is 2.66. The summed E-state index contributed by atoms with van der Waals surface area (Å²) in [4.78, 5) is 10.9. The fraction of sp³-hybridized carbons (Fsp3) is 0.364. The second kappa shape index (κ2) is 4.22. The molecule has 0 spiro atoms. The molecule has 0 bridgehead atoms. The number of halogens is 1. The molecule has 0 radical (unpaired) electrons. The first-order valence-electron chi connectivity index (χ1n) is 4.76. The summed E-state index contributed by atoms with van der Waals surface area (Å²) < 4.78 is 13.0. The Morgan fingerprint density at radius 3 is 2.64 bits per heavy atom. The van der Waals surface area contributed by atoms with Gasteiger partial charge in [0, 0.05) is 5.69 Å². The molecule has 1 aliphatic heterocycles. The zero-order valence-corrected chi connectivity index (χ0v) is 8.65. The van der Waals surface area contributed by atoms with E-state index in [1.165, 1.54) is 6.07 Å². The lowest BCUT2D eigenvalue weighted by Crippen LogP contribution is -2.03. The molecular formula is C11H14FNO. The largest absolute Gasteiger partial charge is 0.326 e. The smallest absolute Gasteiger partial charge is 0.228 e. The normalized spacial score (nSPS) is 12.7. The van der Waals surface area contributed by atoms with Crippen molar-refractivity contribution in [3.8, 4) is 0 Å². The number of fused-ring (bicyclic) bond motifs is 1. The molecule has 0 atom stereocenters. The lowest BCUT2D eigenvalue weighted by molar-refractivity contribution is -0.115. The Morgan fingerprint density at radius 1 is 1.36 bits per heavy atom. The molecule has 1 aliphatic rings. The Bertz CT molecular complexity index is 361. The quantitative estimate of drug-likeness (QED) is 0.677. The molecule has 0 aromatic heterocycles. The molecule has 76 valence electrons. The first kappa shape index (κ1) is 10.7. The van der Waals surface area contributed by atoms with Crippen molar-refractivity contribution >= 4 is 11.6 Å². The van der Waals surface area contributed by atoms with Gasteiger partial charge in [0.2, 0.25) is 5.91 Å². The summed E-state index contributed by atoms with van der Waals surface area (Å²) in [6, 6.07) is 2.97. The third-order valence-electron chi connectivity index (χ3n) is 2.14. The van der Waals surface area contributed by atoms with Crippen molar-refractivity contribution in [2.24, 2.45) is 0 Å². The molecule has 1 heterocycles. The van der Waals surface area contributed by atoms with Gasteiger partial charge >= 0.3 is 0 Å². The maximum absolute atomic E-state index is 13.0. The number of carbonyl (C=O) groups excluding carboxylic acids is 1. The first-order chi connectivity index (χ1) is 6.68. The van der Waals surface area contributed by atoms with E-state index < -0.39 is 0 Å². The van der Waals surface area contributed by atoms with Crippen LogP contribution < -0.4 is 5.32 Å². The summed E-state index contributed by atoms with van der Waals surface area (Å²) in [7, 11) is 0. The average Bonchev–Trinajstić information content (AvgIpc) is 2.57. The molecule has 1 N–H and O–H groups in total. The van der Waals surface area contributed by atoms with Gasteiger partial charge in [0.15, 0.2) is 0 Å². The van der Waals surface area contributed by atoms with Crippen LogP contribution in [-0.2, 0) is 11.2 Å². The summed E-state index contributed by atoms with van der Waals surface area (Å²) in [6.07, 6.45) is 0.304. The molecular weight excluding hydrogens is 181 g/mol. The van der Waals surface area contributed by atoms with Crippen molar-refractivity contribution in [3.63, 3.8) is 0 Å². The highest BCUT2D eigenvalue weighted by molar-refractivity contribution is 5.99. The van der Waals surface area contributed by atoms with E-state index in [1.807, 2.05) is 13.8 Å². The minimum Gasteiger partial charge on any atom is -0.326 e. The van der Waals surface area contributed by atoms with E-state index in [9.17, 15) is 9.18 Å². The van der Waals surface area contributed by atoms with E-state index >= 15 is 0 Å². The molecule has 0 fully saturated rings. The predicted molar refractivity (Wildman–Crippen MR) is 54.8 cm³/mol. The fourth-order valence-corrected chi connectivity index (χ4v) is 1.43. The van der Waals surface area contributed by atoms with Gasteiger partial charge in [-0.05, 0) is 30.2 Å². The van der Waals surface area contributed by atoms with E-state index in [0.29, 0.717) is 12.0 Å². The Hall–Kier alpha value is -1.38. The molecule has 2 rings (SSSR count). The minimum atomic E-state index is -0.245. The maximum Gasteiger partial charge on any atom is 0.228 e. The Kier molecular flexibility index (Phi) is 3.23. The van der Waals surface area contributed by atoms with E-state index in [2.05, 4.69) is 5.32 Å². The standard InChI is InChI=1S/C9H8FNO.C2H6/c1-5-6-4-9(12)11-8(6)3-2-7(5)10;1-2/h2-3H,4H2,1H3,(H,11,12);1-2H3. The van der Waals surface area contributed by atoms with Gasteiger partial charge in [-0.2, -0.15) is 0 Å². The SMILES string of the molecule is CC.Cc1c(F)ccc2c1CC(=O)N2. The van der Waals surface area contributed by atoms with Gasteiger partial charge in [0.25, 0.3) is 0 Å². The lowest BCUT2D eigenvalue weighted by atomic mass is 10.1. The average molecular weight is 195 g/mol. The predicted octanol–water partition coefficient (Wildman–Crippen LogP) is 2.65. The van der Waals surface area contributed by atoms with Crippen molar-refractivity contribution in [3.05, 3.63) is 29.1 Å².